The van der Waals surface area contributed by atoms with Gasteiger partial charge in [-0.3, -0.25) is 0 Å². The molecule has 0 amide bonds. The number of hydrogen-bond acceptors (Lipinski definition) is 2. The summed E-state index contributed by atoms with van der Waals surface area (Å²) < 4.78 is 19.3. The zero-order valence-corrected chi connectivity index (χ0v) is 12.0. The second kappa shape index (κ2) is 6.61. The minimum Gasteiger partial charge on any atom is -0.478 e. The van der Waals surface area contributed by atoms with Crippen molar-refractivity contribution in [1.29, 1.82) is 0 Å². The van der Waals surface area contributed by atoms with Crippen molar-refractivity contribution in [3.05, 3.63) is 63.9 Å². The molecule has 0 radical (unpaired) electrons. The minimum atomic E-state index is -1.19. The average molecular weight is 327 g/mol. The summed E-state index contributed by atoms with van der Waals surface area (Å²) in [5, 5.41) is 9.34. The van der Waals surface area contributed by atoms with Crippen LogP contribution in [0, 0.1) is 5.82 Å². The molecule has 0 saturated heterocycles. The quantitative estimate of drug-likeness (QED) is 0.802. The lowest BCUT2D eigenvalue weighted by Crippen LogP contribution is -1.93. The van der Waals surface area contributed by atoms with Crippen LogP contribution < -0.4 is 4.74 Å². The first-order chi connectivity index (χ1) is 9.97. The number of carboxylic acids is 1. The summed E-state index contributed by atoms with van der Waals surface area (Å²) in [6, 6.07) is 8.78. The molecular formula is C15H9Cl2FO3. The Morgan fingerprint density at radius 1 is 1.19 bits per heavy atom. The third kappa shape index (κ3) is 3.97. The van der Waals surface area contributed by atoms with Gasteiger partial charge in [-0.15, -0.1) is 0 Å². The predicted molar refractivity (Wildman–Crippen MR) is 79.6 cm³/mol. The number of carboxylic acid groups (broad SMARTS) is 1. The summed E-state index contributed by atoms with van der Waals surface area (Å²) in [4.78, 5) is 10.6. The zero-order valence-electron chi connectivity index (χ0n) is 10.5. The Labute approximate surface area is 130 Å². The average Bonchev–Trinajstić information content (AvgIpc) is 2.41. The summed E-state index contributed by atoms with van der Waals surface area (Å²) >= 11 is 11.8. The smallest absolute Gasteiger partial charge is 0.328 e. The Morgan fingerprint density at radius 2 is 1.95 bits per heavy atom. The molecule has 0 atom stereocenters. The first-order valence-electron chi connectivity index (χ1n) is 5.80. The maximum atomic E-state index is 13.8. The van der Waals surface area contributed by atoms with E-state index < -0.39 is 11.8 Å². The Kier molecular flexibility index (Phi) is 4.83. The van der Waals surface area contributed by atoms with Crippen LogP contribution in [0.1, 0.15) is 5.56 Å². The van der Waals surface area contributed by atoms with Gasteiger partial charge in [0.2, 0.25) is 0 Å². The van der Waals surface area contributed by atoms with Gasteiger partial charge in [0.15, 0.2) is 0 Å². The molecule has 2 aromatic carbocycles. The molecule has 21 heavy (non-hydrogen) atoms. The normalized spacial score (nSPS) is 10.8. The molecular weight excluding hydrogens is 318 g/mol. The Balaban J connectivity index is 2.40. The van der Waals surface area contributed by atoms with E-state index in [2.05, 4.69) is 0 Å². The lowest BCUT2D eigenvalue weighted by atomic mass is 10.1. The van der Waals surface area contributed by atoms with Crippen LogP contribution in [0.4, 0.5) is 4.39 Å². The van der Waals surface area contributed by atoms with Gasteiger partial charge >= 0.3 is 5.97 Å². The van der Waals surface area contributed by atoms with E-state index >= 15 is 0 Å². The molecule has 0 aliphatic heterocycles. The topological polar surface area (TPSA) is 46.5 Å². The molecule has 0 spiro atoms. The van der Waals surface area contributed by atoms with Crippen molar-refractivity contribution >= 4 is 35.2 Å². The van der Waals surface area contributed by atoms with Crippen LogP contribution in [0.5, 0.6) is 11.5 Å². The van der Waals surface area contributed by atoms with Crippen molar-refractivity contribution in [1.82, 2.24) is 0 Å². The van der Waals surface area contributed by atoms with Gasteiger partial charge in [-0.25, -0.2) is 9.18 Å². The second-order valence-electron chi connectivity index (χ2n) is 4.00. The van der Waals surface area contributed by atoms with Crippen molar-refractivity contribution < 1.29 is 19.0 Å². The standard InChI is InChI=1S/C15H9Cl2FO3/c16-9-4-6-14(11(17)8-9)21-13-3-1-2-12(18)10(13)5-7-15(19)20/h1-8H,(H,19,20)/b7-5+. The first kappa shape index (κ1) is 15.4. The van der Waals surface area contributed by atoms with Gasteiger partial charge in [0.1, 0.15) is 17.3 Å². The molecule has 0 aliphatic carbocycles. The van der Waals surface area contributed by atoms with Crippen molar-refractivity contribution in [3.8, 4) is 11.5 Å². The van der Waals surface area contributed by atoms with Gasteiger partial charge in [0.25, 0.3) is 0 Å². The van der Waals surface area contributed by atoms with E-state index in [-0.39, 0.29) is 22.1 Å². The molecule has 0 bridgehead atoms. The molecule has 0 unspecified atom stereocenters. The Morgan fingerprint density at radius 3 is 2.62 bits per heavy atom. The largest absolute Gasteiger partial charge is 0.478 e. The number of benzene rings is 2. The van der Waals surface area contributed by atoms with Crippen LogP contribution in [0.25, 0.3) is 6.08 Å². The molecule has 1 N–H and O–H groups in total. The maximum absolute atomic E-state index is 13.8. The number of ether oxygens (including phenoxy) is 1. The lowest BCUT2D eigenvalue weighted by molar-refractivity contribution is -0.131. The first-order valence-corrected chi connectivity index (χ1v) is 6.55. The fourth-order valence-electron chi connectivity index (χ4n) is 1.60. The number of hydrogen-bond donors (Lipinski definition) is 1. The van der Waals surface area contributed by atoms with E-state index in [0.717, 1.165) is 12.2 Å². The SMILES string of the molecule is O=C(O)/C=C/c1c(F)cccc1Oc1ccc(Cl)cc1Cl. The molecule has 2 aromatic rings. The maximum Gasteiger partial charge on any atom is 0.328 e. The molecule has 0 heterocycles. The second-order valence-corrected chi connectivity index (χ2v) is 4.84. The molecule has 3 nitrogen and oxygen atoms in total. The predicted octanol–water partition coefficient (Wildman–Crippen LogP) is 5.02. The number of carbonyl (C=O) groups is 1. The fourth-order valence-corrected chi connectivity index (χ4v) is 2.05. The molecule has 0 fully saturated rings. The van der Waals surface area contributed by atoms with Gasteiger partial charge < -0.3 is 9.84 Å². The number of halogens is 3. The van der Waals surface area contributed by atoms with Gasteiger partial charge in [-0.2, -0.15) is 0 Å². The van der Waals surface area contributed by atoms with E-state index in [1.165, 1.54) is 24.3 Å². The van der Waals surface area contributed by atoms with E-state index in [1.54, 1.807) is 12.1 Å². The molecule has 0 aromatic heterocycles. The van der Waals surface area contributed by atoms with Crippen molar-refractivity contribution in [2.45, 2.75) is 0 Å². The highest BCUT2D eigenvalue weighted by molar-refractivity contribution is 6.35. The molecule has 6 heteroatoms. The highest BCUT2D eigenvalue weighted by atomic mass is 35.5. The van der Waals surface area contributed by atoms with Gasteiger partial charge in [0.05, 0.1) is 10.6 Å². The fraction of sp³-hybridized carbons (Fsp3) is 0. The number of aliphatic carboxylic acids is 1. The summed E-state index contributed by atoms with van der Waals surface area (Å²) in [5.74, 6) is -1.35. The van der Waals surface area contributed by atoms with Crippen LogP contribution in [0.3, 0.4) is 0 Å². The van der Waals surface area contributed by atoms with Gasteiger partial charge in [-0.05, 0) is 36.4 Å². The molecule has 2 rings (SSSR count). The zero-order chi connectivity index (χ0) is 15.4. The van der Waals surface area contributed by atoms with Crippen LogP contribution in [-0.4, -0.2) is 11.1 Å². The van der Waals surface area contributed by atoms with Crippen molar-refractivity contribution in [2.75, 3.05) is 0 Å². The molecule has 0 aliphatic rings. The van der Waals surface area contributed by atoms with Gasteiger partial charge in [-0.1, -0.05) is 29.3 Å². The van der Waals surface area contributed by atoms with E-state index in [1.807, 2.05) is 0 Å². The molecule has 108 valence electrons. The minimum absolute atomic E-state index is 0.0194. The van der Waals surface area contributed by atoms with E-state index in [0.29, 0.717) is 5.02 Å². The summed E-state index contributed by atoms with van der Waals surface area (Å²) in [6.45, 7) is 0. The number of rotatable bonds is 4. The highest BCUT2D eigenvalue weighted by Crippen LogP contribution is 2.34. The van der Waals surface area contributed by atoms with Gasteiger partial charge in [0, 0.05) is 11.1 Å². The highest BCUT2D eigenvalue weighted by Gasteiger charge is 2.10. The van der Waals surface area contributed by atoms with Crippen LogP contribution >= 0.6 is 23.2 Å². The van der Waals surface area contributed by atoms with Crippen LogP contribution in [-0.2, 0) is 4.79 Å². The summed E-state index contributed by atoms with van der Waals surface area (Å²) in [6.07, 6.45) is 1.95. The Bertz CT molecular complexity index is 714. The summed E-state index contributed by atoms with van der Waals surface area (Å²) in [5.41, 5.74) is 0.0194. The third-order valence-corrected chi connectivity index (χ3v) is 3.05. The summed E-state index contributed by atoms with van der Waals surface area (Å²) in [7, 11) is 0. The van der Waals surface area contributed by atoms with E-state index in [4.69, 9.17) is 33.0 Å². The van der Waals surface area contributed by atoms with Crippen LogP contribution in [0.15, 0.2) is 42.5 Å². The van der Waals surface area contributed by atoms with Crippen molar-refractivity contribution in [2.24, 2.45) is 0 Å². The molecule has 0 saturated carbocycles. The van der Waals surface area contributed by atoms with Crippen LogP contribution in [0.2, 0.25) is 10.0 Å². The Hall–Kier alpha value is -2.04. The monoisotopic (exact) mass is 326 g/mol. The van der Waals surface area contributed by atoms with E-state index in [9.17, 15) is 9.18 Å². The lowest BCUT2D eigenvalue weighted by Gasteiger charge is -2.11. The van der Waals surface area contributed by atoms with Crippen molar-refractivity contribution in [3.63, 3.8) is 0 Å². The third-order valence-electron chi connectivity index (χ3n) is 2.52.